The number of carboxylic acids is 1. The minimum Gasteiger partial charge on any atom is -0.497 e. The molecular weight excluding hydrogens is 517 g/mol. The van der Waals surface area contributed by atoms with Crippen LogP contribution in [0.15, 0.2) is 65.2 Å². The largest absolute Gasteiger partial charge is 0.573 e. The monoisotopic (exact) mass is 540 g/mol. The molecule has 11 heteroatoms. The second kappa shape index (κ2) is 9.90. The number of alkyl halides is 3. The van der Waals surface area contributed by atoms with Crippen molar-refractivity contribution in [2.24, 2.45) is 0 Å². The molecule has 0 saturated heterocycles. The number of aliphatic carboxylic acids is 1. The molecule has 0 bridgehead atoms. The second-order valence-corrected chi connectivity index (χ2v) is 8.94. The van der Waals surface area contributed by atoms with Crippen molar-refractivity contribution >= 4 is 27.8 Å². The molecule has 3 aromatic carbocycles. The number of ether oxygens (including phenoxy) is 3. The summed E-state index contributed by atoms with van der Waals surface area (Å²) in [5, 5.41) is 14.7. The number of aromatic nitrogens is 2. The molecule has 5 aromatic rings. The molecule has 2 heterocycles. The Morgan fingerprint density at radius 1 is 1.05 bits per heavy atom. The number of carbonyl (C=O) groups is 1. The summed E-state index contributed by atoms with van der Waals surface area (Å²) in [6.45, 7) is 3.46. The van der Waals surface area contributed by atoms with E-state index in [0.717, 1.165) is 0 Å². The Morgan fingerprint density at radius 2 is 1.79 bits per heavy atom. The molecule has 0 fully saturated rings. The Bertz CT molecular complexity index is 1690. The maximum absolute atomic E-state index is 13.1. The lowest BCUT2D eigenvalue weighted by Crippen LogP contribution is -2.17. The van der Waals surface area contributed by atoms with Crippen LogP contribution in [0.5, 0.6) is 17.2 Å². The number of hydrogen-bond acceptors (Lipinski definition) is 6. The number of hydrogen-bond donors (Lipinski definition) is 1. The van der Waals surface area contributed by atoms with Gasteiger partial charge in [0.15, 0.2) is 5.58 Å². The number of fused-ring (bicyclic) bond motifs is 2. The van der Waals surface area contributed by atoms with E-state index in [0.29, 0.717) is 56.0 Å². The van der Waals surface area contributed by atoms with Crippen molar-refractivity contribution in [1.29, 1.82) is 0 Å². The molecular formula is C28H23F3N2O6. The highest BCUT2D eigenvalue weighted by atomic mass is 19.4. The number of nitrogens with zero attached hydrogens (tertiary/aromatic N) is 2. The summed E-state index contributed by atoms with van der Waals surface area (Å²) in [5.74, 6) is -0.374. The van der Waals surface area contributed by atoms with Crippen molar-refractivity contribution in [3.63, 3.8) is 0 Å². The van der Waals surface area contributed by atoms with E-state index in [1.54, 1.807) is 54.0 Å². The van der Waals surface area contributed by atoms with Gasteiger partial charge in [-0.1, -0.05) is 11.2 Å². The lowest BCUT2D eigenvalue weighted by Gasteiger charge is -2.15. The molecule has 2 aromatic heterocycles. The number of methoxy groups -OCH3 is 1. The van der Waals surface area contributed by atoms with E-state index in [4.69, 9.17) is 19.1 Å². The van der Waals surface area contributed by atoms with Gasteiger partial charge in [0, 0.05) is 40.5 Å². The predicted octanol–water partition coefficient (Wildman–Crippen LogP) is 6.90. The molecule has 1 atom stereocenters. The van der Waals surface area contributed by atoms with Gasteiger partial charge < -0.3 is 28.4 Å². The normalized spacial score (nSPS) is 12.6. The Labute approximate surface area is 220 Å². The van der Waals surface area contributed by atoms with Gasteiger partial charge in [-0.05, 0) is 50.2 Å². The van der Waals surface area contributed by atoms with Gasteiger partial charge in [0.2, 0.25) is 0 Å². The summed E-state index contributed by atoms with van der Waals surface area (Å²) in [6, 6.07) is 16.3. The number of rotatable bonds is 8. The zero-order valence-corrected chi connectivity index (χ0v) is 21.1. The molecule has 0 aliphatic heterocycles. The molecule has 202 valence electrons. The first-order valence-electron chi connectivity index (χ1n) is 11.9. The Hall–Kier alpha value is -4.67. The zero-order chi connectivity index (χ0) is 27.9. The number of carboxylic acid groups (broad SMARTS) is 1. The summed E-state index contributed by atoms with van der Waals surface area (Å²) in [7, 11) is 1.54. The second-order valence-electron chi connectivity index (χ2n) is 8.94. The van der Waals surface area contributed by atoms with E-state index in [-0.39, 0.29) is 12.2 Å². The highest BCUT2D eigenvalue weighted by Gasteiger charge is 2.32. The fourth-order valence-electron chi connectivity index (χ4n) is 4.66. The van der Waals surface area contributed by atoms with E-state index >= 15 is 0 Å². The fourth-order valence-corrected chi connectivity index (χ4v) is 4.66. The van der Waals surface area contributed by atoms with Crippen molar-refractivity contribution in [2.45, 2.75) is 32.7 Å². The molecule has 8 nitrogen and oxygen atoms in total. The molecule has 0 aliphatic carbocycles. The van der Waals surface area contributed by atoms with Gasteiger partial charge in [-0.2, -0.15) is 0 Å². The van der Waals surface area contributed by atoms with Crippen LogP contribution in [0.1, 0.15) is 19.0 Å². The van der Waals surface area contributed by atoms with Gasteiger partial charge in [0.05, 0.1) is 24.4 Å². The van der Waals surface area contributed by atoms with Gasteiger partial charge in [0.25, 0.3) is 0 Å². The highest BCUT2D eigenvalue weighted by molar-refractivity contribution is 6.05. The van der Waals surface area contributed by atoms with E-state index in [1.165, 1.54) is 19.2 Å². The Morgan fingerprint density at radius 3 is 2.51 bits per heavy atom. The van der Waals surface area contributed by atoms with Crippen LogP contribution in [0.2, 0.25) is 0 Å². The average Bonchev–Trinajstić information content (AvgIpc) is 3.39. The van der Waals surface area contributed by atoms with Crippen LogP contribution in [-0.4, -0.2) is 40.4 Å². The Kier molecular flexibility index (Phi) is 6.59. The number of halogens is 3. The van der Waals surface area contributed by atoms with Crippen LogP contribution >= 0.6 is 0 Å². The van der Waals surface area contributed by atoms with Crippen LogP contribution in [-0.2, 0) is 4.79 Å². The first-order valence-corrected chi connectivity index (χ1v) is 11.9. The molecule has 5 rings (SSSR count). The third-order valence-electron chi connectivity index (χ3n) is 6.20. The van der Waals surface area contributed by atoms with Gasteiger partial charge in [0.1, 0.15) is 29.0 Å². The third-order valence-corrected chi connectivity index (χ3v) is 6.20. The fraction of sp³-hybridized carbons (Fsp3) is 0.214. The highest BCUT2D eigenvalue weighted by Crippen LogP contribution is 2.41. The first kappa shape index (κ1) is 26.0. The van der Waals surface area contributed by atoms with E-state index in [1.807, 2.05) is 13.0 Å². The summed E-state index contributed by atoms with van der Waals surface area (Å²) >= 11 is 0. The van der Waals surface area contributed by atoms with E-state index in [9.17, 15) is 18.0 Å². The van der Waals surface area contributed by atoms with Crippen molar-refractivity contribution in [2.75, 3.05) is 7.11 Å². The lowest BCUT2D eigenvalue weighted by molar-refractivity contribution is -0.274. The predicted molar refractivity (Wildman–Crippen MR) is 137 cm³/mol. The summed E-state index contributed by atoms with van der Waals surface area (Å²) in [4.78, 5) is 11.1. The maximum Gasteiger partial charge on any atom is 0.573 e. The number of benzene rings is 3. The SMILES string of the molecule is COc1ccc2c(-c3c(C)n(-c4cccc(O[C@H](C)CC(=O)O)c4)c4cc(OC(F)(F)F)ccc34)noc2c1. The minimum absolute atomic E-state index is 0.192. The minimum atomic E-state index is -4.86. The van der Waals surface area contributed by atoms with Gasteiger partial charge in [-0.25, -0.2) is 0 Å². The smallest absolute Gasteiger partial charge is 0.497 e. The molecule has 0 amide bonds. The average molecular weight is 540 g/mol. The van der Waals surface area contributed by atoms with E-state index in [2.05, 4.69) is 9.89 Å². The molecule has 0 aliphatic rings. The van der Waals surface area contributed by atoms with Crippen LogP contribution in [0.4, 0.5) is 13.2 Å². The standard InChI is InChI=1S/C28H23F3N2O6/c1-15(11-25(34)35)37-19-6-4-5-17(12-19)33-16(2)26(21-9-8-20(13-23(21)33)38-28(29,30)31)27-22-10-7-18(36-3)14-24(22)39-32-27/h4-10,12-15H,11H2,1-3H3,(H,34,35)/t15-/m1/s1. The molecule has 0 unspecified atom stereocenters. The summed E-state index contributed by atoms with van der Waals surface area (Å²) < 4.78 is 61.8. The zero-order valence-electron chi connectivity index (χ0n) is 21.1. The summed E-state index contributed by atoms with van der Waals surface area (Å²) in [6.07, 6.45) is -5.65. The topological polar surface area (TPSA) is 96.0 Å². The lowest BCUT2D eigenvalue weighted by atomic mass is 10.0. The van der Waals surface area contributed by atoms with Crippen LogP contribution in [0, 0.1) is 6.92 Å². The van der Waals surface area contributed by atoms with Crippen LogP contribution in [0.3, 0.4) is 0 Å². The van der Waals surface area contributed by atoms with Crippen molar-refractivity contribution in [3.05, 3.63) is 66.4 Å². The van der Waals surface area contributed by atoms with E-state index < -0.39 is 18.4 Å². The molecule has 39 heavy (non-hydrogen) atoms. The first-order chi connectivity index (χ1) is 18.5. The van der Waals surface area contributed by atoms with Crippen molar-refractivity contribution < 1.29 is 41.8 Å². The molecule has 0 radical (unpaired) electrons. The van der Waals surface area contributed by atoms with Crippen LogP contribution < -0.4 is 14.2 Å². The van der Waals surface area contributed by atoms with Gasteiger partial charge in [-0.15, -0.1) is 13.2 Å². The van der Waals surface area contributed by atoms with Crippen molar-refractivity contribution in [3.8, 4) is 34.2 Å². The van der Waals surface area contributed by atoms with Gasteiger partial charge in [-0.3, -0.25) is 4.79 Å². The maximum atomic E-state index is 13.1. The molecule has 0 spiro atoms. The quantitative estimate of drug-likeness (QED) is 0.229. The summed E-state index contributed by atoms with van der Waals surface area (Å²) in [5.41, 5.74) is 3.37. The van der Waals surface area contributed by atoms with Crippen LogP contribution in [0.25, 0.3) is 38.8 Å². The van der Waals surface area contributed by atoms with Crippen molar-refractivity contribution in [1.82, 2.24) is 9.72 Å². The Balaban J connectivity index is 1.70. The molecule has 1 N–H and O–H groups in total. The third kappa shape index (κ3) is 5.20. The molecule has 0 saturated carbocycles. The van der Waals surface area contributed by atoms with Gasteiger partial charge >= 0.3 is 12.3 Å².